The molecule has 2 unspecified atom stereocenters. The first-order valence-corrected chi connectivity index (χ1v) is 7.05. The zero-order chi connectivity index (χ0) is 15.0. The van der Waals surface area contributed by atoms with Gasteiger partial charge in [0.2, 0.25) is 0 Å². The Morgan fingerprint density at radius 1 is 1.43 bits per heavy atom. The van der Waals surface area contributed by atoms with Crippen molar-refractivity contribution in [3.8, 4) is 0 Å². The first-order valence-electron chi connectivity index (χ1n) is 6.67. The average Bonchev–Trinajstić information content (AvgIpc) is 3.17. The van der Waals surface area contributed by atoms with E-state index in [0.29, 0.717) is 23.3 Å². The monoisotopic (exact) mass is 303 g/mol. The fourth-order valence-electron chi connectivity index (χ4n) is 2.47. The quantitative estimate of drug-likeness (QED) is 0.686. The molecule has 108 valence electrons. The molecule has 1 aromatic heterocycles. The molecule has 0 spiro atoms. The van der Waals surface area contributed by atoms with Crippen LogP contribution in [0.1, 0.15) is 23.5 Å². The van der Waals surface area contributed by atoms with E-state index in [4.69, 9.17) is 11.6 Å². The first kappa shape index (κ1) is 13.8. The van der Waals surface area contributed by atoms with E-state index in [1.165, 1.54) is 11.8 Å². The highest BCUT2D eigenvalue weighted by atomic mass is 35.5. The molecule has 6 heteroatoms. The molecule has 0 aliphatic heterocycles. The summed E-state index contributed by atoms with van der Waals surface area (Å²) >= 11 is 6.00. The summed E-state index contributed by atoms with van der Waals surface area (Å²) in [6, 6.07) is 9.86. The normalized spacial score (nSPS) is 20.1. The molecule has 1 aromatic carbocycles. The van der Waals surface area contributed by atoms with Gasteiger partial charge in [0.15, 0.2) is 0 Å². The second-order valence-electron chi connectivity index (χ2n) is 5.26. The maximum Gasteiger partial charge on any atom is 0.290 e. The number of aryl methyl sites for hydroxylation is 1. The van der Waals surface area contributed by atoms with Crippen LogP contribution in [-0.4, -0.2) is 15.9 Å². The molecule has 5 nitrogen and oxygen atoms in total. The fourth-order valence-corrected chi connectivity index (χ4v) is 2.67. The van der Waals surface area contributed by atoms with Gasteiger partial charge >= 0.3 is 0 Å². The minimum atomic E-state index is -0.419. The molecular weight excluding hydrogens is 290 g/mol. The van der Waals surface area contributed by atoms with Gasteiger partial charge in [0.05, 0.1) is 4.92 Å². The summed E-state index contributed by atoms with van der Waals surface area (Å²) in [4.78, 5) is 14.5. The molecule has 21 heavy (non-hydrogen) atoms. The van der Waals surface area contributed by atoms with Crippen LogP contribution < -0.4 is 5.32 Å². The highest BCUT2D eigenvalue weighted by Gasteiger charge is 2.38. The number of benzene rings is 1. The van der Waals surface area contributed by atoms with E-state index in [2.05, 4.69) is 16.4 Å². The minimum Gasteiger partial charge on any atom is -0.367 e. The molecule has 0 saturated heterocycles. The van der Waals surface area contributed by atoms with Crippen molar-refractivity contribution < 1.29 is 4.92 Å². The standard InChI is InChI=1S/C15H14ClN3O2/c1-9-5-15(17-8-14(9)19(20)21)18-13-7-12(13)10-3-2-4-11(16)6-10/h2-6,8,12-13H,7H2,1H3,(H,17,18). The van der Waals surface area contributed by atoms with Crippen molar-refractivity contribution >= 4 is 23.1 Å². The SMILES string of the molecule is Cc1cc(NC2CC2c2cccc(Cl)c2)ncc1[N+](=O)[O-]. The molecule has 0 bridgehead atoms. The van der Waals surface area contributed by atoms with E-state index < -0.39 is 4.92 Å². The number of anilines is 1. The van der Waals surface area contributed by atoms with Gasteiger partial charge < -0.3 is 5.32 Å². The highest BCUT2D eigenvalue weighted by Crippen LogP contribution is 2.43. The maximum absolute atomic E-state index is 10.8. The Kier molecular flexibility index (Phi) is 3.51. The van der Waals surface area contributed by atoms with Gasteiger partial charge in [-0.25, -0.2) is 4.98 Å². The van der Waals surface area contributed by atoms with E-state index in [-0.39, 0.29) is 5.69 Å². The Morgan fingerprint density at radius 2 is 2.24 bits per heavy atom. The van der Waals surface area contributed by atoms with Crippen LogP contribution in [-0.2, 0) is 0 Å². The zero-order valence-electron chi connectivity index (χ0n) is 11.4. The van der Waals surface area contributed by atoms with Crippen molar-refractivity contribution in [2.24, 2.45) is 0 Å². The number of aromatic nitrogens is 1. The highest BCUT2D eigenvalue weighted by molar-refractivity contribution is 6.30. The van der Waals surface area contributed by atoms with Gasteiger partial charge in [0.1, 0.15) is 12.0 Å². The van der Waals surface area contributed by atoms with Crippen molar-refractivity contribution in [1.82, 2.24) is 4.98 Å². The predicted octanol–water partition coefficient (Wildman–Crippen LogP) is 3.92. The zero-order valence-corrected chi connectivity index (χ0v) is 12.2. The van der Waals surface area contributed by atoms with E-state index >= 15 is 0 Å². The van der Waals surface area contributed by atoms with Gasteiger partial charge in [-0.3, -0.25) is 10.1 Å². The summed E-state index contributed by atoms with van der Waals surface area (Å²) < 4.78 is 0. The van der Waals surface area contributed by atoms with Gasteiger partial charge in [-0.15, -0.1) is 0 Å². The number of rotatable bonds is 4. The Morgan fingerprint density at radius 3 is 2.90 bits per heavy atom. The van der Waals surface area contributed by atoms with Crippen molar-refractivity contribution in [1.29, 1.82) is 0 Å². The van der Waals surface area contributed by atoms with Crippen molar-refractivity contribution in [3.63, 3.8) is 0 Å². The van der Waals surface area contributed by atoms with Crippen LogP contribution in [0.4, 0.5) is 11.5 Å². The van der Waals surface area contributed by atoms with E-state index in [1.54, 1.807) is 13.0 Å². The average molecular weight is 304 g/mol. The molecule has 1 aliphatic rings. The largest absolute Gasteiger partial charge is 0.367 e. The number of hydrogen-bond acceptors (Lipinski definition) is 4. The summed E-state index contributed by atoms with van der Waals surface area (Å²) in [6.07, 6.45) is 2.31. The van der Waals surface area contributed by atoms with Crippen LogP contribution in [0.3, 0.4) is 0 Å². The second kappa shape index (κ2) is 5.33. The minimum absolute atomic E-state index is 0.0442. The summed E-state index contributed by atoms with van der Waals surface area (Å²) in [7, 11) is 0. The topological polar surface area (TPSA) is 68.1 Å². The molecule has 1 heterocycles. The van der Waals surface area contributed by atoms with Gasteiger partial charge in [0.25, 0.3) is 5.69 Å². The third kappa shape index (κ3) is 2.97. The van der Waals surface area contributed by atoms with Crippen molar-refractivity contribution in [3.05, 3.63) is 62.8 Å². The van der Waals surface area contributed by atoms with Crippen LogP contribution >= 0.6 is 11.6 Å². The van der Waals surface area contributed by atoms with Gasteiger partial charge in [-0.05, 0) is 37.1 Å². The van der Waals surface area contributed by atoms with Gasteiger partial charge in [-0.1, -0.05) is 23.7 Å². The summed E-state index contributed by atoms with van der Waals surface area (Å²) in [5, 5.41) is 14.8. The van der Waals surface area contributed by atoms with Crippen LogP contribution in [0, 0.1) is 17.0 Å². The Labute approximate surface area is 127 Å². The lowest BCUT2D eigenvalue weighted by Crippen LogP contribution is -2.06. The predicted molar refractivity (Wildman–Crippen MR) is 81.8 cm³/mol. The molecule has 2 atom stereocenters. The van der Waals surface area contributed by atoms with Gasteiger partial charge in [-0.2, -0.15) is 0 Å². The number of hydrogen-bond donors (Lipinski definition) is 1. The third-order valence-corrected chi connectivity index (χ3v) is 3.92. The molecule has 3 rings (SSSR count). The lowest BCUT2D eigenvalue weighted by Gasteiger charge is -2.06. The molecule has 1 aliphatic carbocycles. The van der Waals surface area contributed by atoms with Crippen LogP contribution in [0.5, 0.6) is 0 Å². The molecule has 1 saturated carbocycles. The van der Waals surface area contributed by atoms with Crippen LogP contribution in [0.25, 0.3) is 0 Å². The molecule has 0 radical (unpaired) electrons. The van der Waals surface area contributed by atoms with Crippen molar-refractivity contribution in [2.75, 3.05) is 5.32 Å². The van der Waals surface area contributed by atoms with Crippen LogP contribution in [0.15, 0.2) is 36.5 Å². The summed E-state index contributed by atoms with van der Waals surface area (Å²) in [6.45, 7) is 1.71. The smallest absolute Gasteiger partial charge is 0.290 e. The molecule has 1 fully saturated rings. The lowest BCUT2D eigenvalue weighted by molar-refractivity contribution is -0.385. The van der Waals surface area contributed by atoms with E-state index in [1.807, 2.05) is 18.2 Å². The lowest BCUT2D eigenvalue weighted by atomic mass is 10.1. The van der Waals surface area contributed by atoms with Crippen LogP contribution in [0.2, 0.25) is 5.02 Å². The molecule has 0 amide bonds. The molecule has 2 aromatic rings. The third-order valence-electron chi connectivity index (χ3n) is 3.68. The Hall–Kier alpha value is -2.14. The first-order chi connectivity index (χ1) is 10.0. The maximum atomic E-state index is 10.8. The molecular formula is C15H14ClN3O2. The number of nitro groups is 1. The summed E-state index contributed by atoms with van der Waals surface area (Å²) in [5.74, 6) is 1.09. The van der Waals surface area contributed by atoms with Gasteiger partial charge in [0, 0.05) is 22.5 Å². The Balaban J connectivity index is 1.69. The summed E-state index contributed by atoms with van der Waals surface area (Å²) in [5.41, 5.74) is 1.86. The van der Waals surface area contributed by atoms with E-state index in [0.717, 1.165) is 11.4 Å². The van der Waals surface area contributed by atoms with Crippen molar-refractivity contribution in [2.45, 2.75) is 25.3 Å². The molecule has 1 N–H and O–H groups in total. The Bertz CT molecular complexity index is 705. The second-order valence-corrected chi connectivity index (χ2v) is 5.70. The van der Waals surface area contributed by atoms with E-state index in [9.17, 15) is 10.1 Å². The number of halogens is 1. The number of nitrogens with one attached hydrogen (secondary N) is 1. The number of nitrogens with zero attached hydrogens (tertiary/aromatic N) is 2. The fraction of sp³-hybridized carbons (Fsp3) is 0.267. The number of pyridine rings is 1.